The van der Waals surface area contributed by atoms with Crippen LogP contribution >= 0.6 is 0 Å². The molecule has 12 heavy (non-hydrogen) atoms. The van der Waals surface area contributed by atoms with Crippen LogP contribution in [0.25, 0.3) is 11.0 Å². The number of nitrogens with one attached hydrogen (secondary N) is 1. The Morgan fingerprint density at radius 1 is 1.50 bits per heavy atom. The Bertz CT molecular complexity index is 433. The van der Waals surface area contributed by atoms with Gasteiger partial charge in [-0.25, -0.2) is 4.98 Å². The van der Waals surface area contributed by atoms with Crippen molar-refractivity contribution < 1.29 is 4.79 Å². The van der Waals surface area contributed by atoms with Crippen molar-refractivity contribution in [2.75, 3.05) is 5.73 Å². The predicted octanol–water partition coefficient (Wildman–Crippen LogP) is 0.958. The van der Waals surface area contributed by atoms with Crippen molar-refractivity contribution in [1.82, 2.24) is 9.97 Å². The van der Waals surface area contributed by atoms with E-state index in [1.54, 1.807) is 18.5 Å². The molecule has 60 valence electrons. The van der Waals surface area contributed by atoms with E-state index in [4.69, 9.17) is 5.73 Å². The maximum atomic E-state index is 10.5. The number of benzene rings is 1. The number of aldehydes is 1. The number of carbonyl (C=O) groups is 1. The number of aromatic amines is 1. The van der Waals surface area contributed by atoms with Gasteiger partial charge in [-0.15, -0.1) is 0 Å². The largest absolute Gasteiger partial charge is 0.398 e. The van der Waals surface area contributed by atoms with Crippen LogP contribution in [0.2, 0.25) is 0 Å². The third-order valence-electron chi connectivity index (χ3n) is 1.75. The van der Waals surface area contributed by atoms with Gasteiger partial charge in [-0.3, -0.25) is 4.79 Å². The van der Waals surface area contributed by atoms with Crippen molar-refractivity contribution in [2.24, 2.45) is 0 Å². The third-order valence-corrected chi connectivity index (χ3v) is 1.75. The van der Waals surface area contributed by atoms with Gasteiger partial charge in [0.25, 0.3) is 0 Å². The Labute approximate surface area is 68.4 Å². The third kappa shape index (κ3) is 0.852. The summed E-state index contributed by atoms with van der Waals surface area (Å²) >= 11 is 0. The van der Waals surface area contributed by atoms with E-state index in [9.17, 15) is 4.79 Å². The number of anilines is 1. The highest BCUT2D eigenvalue weighted by molar-refractivity contribution is 5.91. The molecule has 1 heterocycles. The molecule has 2 aromatic rings. The zero-order valence-corrected chi connectivity index (χ0v) is 6.24. The first kappa shape index (κ1) is 6.84. The Morgan fingerprint density at radius 3 is 3.08 bits per heavy atom. The van der Waals surface area contributed by atoms with E-state index < -0.39 is 0 Å². The summed E-state index contributed by atoms with van der Waals surface area (Å²) in [7, 11) is 0. The number of nitrogens with zero attached hydrogens (tertiary/aromatic N) is 1. The Balaban J connectivity index is 2.81. The van der Waals surface area contributed by atoms with Crippen molar-refractivity contribution in [3.63, 3.8) is 0 Å². The molecule has 3 N–H and O–H groups in total. The van der Waals surface area contributed by atoms with Crippen LogP contribution in [0.3, 0.4) is 0 Å². The topological polar surface area (TPSA) is 71.8 Å². The number of H-pyrrole nitrogens is 1. The van der Waals surface area contributed by atoms with Crippen LogP contribution in [0.15, 0.2) is 18.5 Å². The maximum Gasteiger partial charge on any atom is 0.152 e. The molecule has 0 radical (unpaired) electrons. The van der Waals surface area contributed by atoms with Crippen LogP contribution in [0.1, 0.15) is 10.4 Å². The molecule has 0 aliphatic heterocycles. The van der Waals surface area contributed by atoms with Crippen LogP contribution in [0.5, 0.6) is 0 Å². The lowest BCUT2D eigenvalue weighted by Gasteiger charge is -1.96. The van der Waals surface area contributed by atoms with Gasteiger partial charge >= 0.3 is 0 Å². The lowest BCUT2D eigenvalue weighted by Crippen LogP contribution is -1.92. The minimum absolute atomic E-state index is 0.463. The lowest BCUT2D eigenvalue weighted by molar-refractivity contribution is 0.112. The molecule has 1 aromatic heterocycles. The van der Waals surface area contributed by atoms with Crippen LogP contribution in [0, 0.1) is 0 Å². The van der Waals surface area contributed by atoms with E-state index in [-0.39, 0.29) is 0 Å². The van der Waals surface area contributed by atoms with Gasteiger partial charge in [-0.05, 0) is 12.1 Å². The summed E-state index contributed by atoms with van der Waals surface area (Å²) in [6.07, 6.45) is 2.30. The van der Waals surface area contributed by atoms with Gasteiger partial charge in [-0.2, -0.15) is 0 Å². The number of imidazole rings is 1. The van der Waals surface area contributed by atoms with E-state index >= 15 is 0 Å². The smallest absolute Gasteiger partial charge is 0.152 e. The number of aromatic nitrogens is 2. The second-order valence-electron chi connectivity index (χ2n) is 2.52. The fourth-order valence-electron chi connectivity index (χ4n) is 1.12. The summed E-state index contributed by atoms with van der Waals surface area (Å²) in [4.78, 5) is 17.4. The van der Waals surface area contributed by atoms with Crippen molar-refractivity contribution in [2.45, 2.75) is 0 Å². The quantitative estimate of drug-likeness (QED) is 0.483. The molecule has 0 atom stereocenters. The van der Waals surface area contributed by atoms with Crippen molar-refractivity contribution in [3.8, 4) is 0 Å². The second kappa shape index (κ2) is 2.34. The SMILES string of the molecule is Nc1cc2nc[nH]c2cc1C=O. The number of fused-ring (bicyclic) bond motifs is 1. The summed E-state index contributed by atoms with van der Waals surface area (Å²) in [5, 5.41) is 0. The normalized spacial score (nSPS) is 10.3. The van der Waals surface area contributed by atoms with Gasteiger partial charge in [0.15, 0.2) is 6.29 Å². The molecule has 4 heteroatoms. The van der Waals surface area contributed by atoms with Gasteiger partial charge in [0.05, 0.1) is 17.4 Å². The monoisotopic (exact) mass is 161 g/mol. The number of carbonyl (C=O) groups excluding carboxylic acids is 1. The van der Waals surface area contributed by atoms with E-state index in [1.807, 2.05) is 0 Å². The molecule has 0 spiro atoms. The van der Waals surface area contributed by atoms with E-state index in [2.05, 4.69) is 9.97 Å². The van der Waals surface area contributed by atoms with Gasteiger partial charge in [0.1, 0.15) is 0 Å². The van der Waals surface area contributed by atoms with Crippen LogP contribution in [0.4, 0.5) is 5.69 Å². The van der Waals surface area contributed by atoms with Crippen LogP contribution < -0.4 is 5.73 Å². The summed E-state index contributed by atoms with van der Waals surface area (Å²) in [6, 6.07) is 3.36. The van der Waals surface area contributed by atoms with Gasteiger partial charge < -0.3 is 10.7 Å². The highest BCUT2D eigenvalue weighted by atomic mass is 16.1. The molecule has 0 bridgehead atoms. The molecule has 0 saturated carbocycles. The first-order valence-corrected chi connectivity index (χ1v) is 3.49. The molecule has 0 amide bonds. The summed E-state index contributed by atoms with van der Waals surface area (Å²) in [5.41, 5.74) is 8.13. The molecular formula is C8H7N3O. The molecular weight excluding hydrogens is 154 g/mol. The number of nitrogen functional groups attached to an aromatic ring is 1. The fraction of sp³-hybridized carbons (Fsp3) is 0. The zero-order valence-electron chi connectivity index (χ0n) is 6.24. The second-order valence-corrected chi connectivity index (χ2v) is 2.52. The van der Waals surface area contributed by atoms with Gasteiger partial charge in [0.2, 0.25) is 0 Å². The molecule has 0 unspecified atom stereocenters. The molecule has 1 aromatic carbocycles. The molecule has 0 aliphatic carbocycles. The molecule has 0 aliphatic rings. The maximum absolute atomic E-state index is 10.5. The standard InChI is InChI=1S/C8H7N3O/c9-6-2-8-7(10-4-11-8)1-5(6)3-12/h1-4H,9H2,(H,10,11). The fourth-order valence-corrected chi connectivity index (χ4v) is 1.12. The minimum Gasteiger partial charge on any atom is -0.398 e. The average Bonchev–Trinajstić information content (AvgIpc) is 2.49. The lowest BCUT2D eigenvalue weighted by atomic mass is 10.2. The number of rotatable bonds is 1. The van der Waals surface area contributed by atoms with Crippen LogP contribution in [-0.4, -0.2) is 16.3 Å². The van der Waals surface area contributed by atoms with Crippen LogP contribution in [-0.2, 0) is 0 Å². The van der Waals surface area contributed by atoms with Crippen molar-refractivity contribution in [3.05, 3.63) is 24.0 Å². The molecule has 4 nitrogen and oxygen atoms in total. The van der Waals surface area contributed by atoms with E-state index in [0.717, 1.165) is 17.3 Å². The van der Waals surface area contributed by atoms with E-state index in [0.29, 0.717) is 11.3 Å². The van der Waals surface area contributed by atoms with E-state index in [1.165, 1.54) is 0 Å². The Hall–Kier alpha value is -1.84. The Kier molecular flexibility index (Phi) is 1.33. The Morgan fingerprint density at radius 2 is 2.33 bits per heavy atom. The van der Waals surface area contributed by atoms with Gasteiger partial charge in [0, 0.05) is 11.3 Å². The zero-order chi connectivity index (χ0) is 8.55. The number of hydrogen-bond donors (Lipinski definition) is 2. The molecule has 0 saturated heterocycles. The number of hydrogen-bond acceptors (Lipinski definition) is 3. The average molecular weight is 161 g/mol. The summed E-state index contributed by atoms with van der Waals surface area (Å²) in [6.45, 7) is 0. The summed E-state index contributed by atoms with van der Waals surface area (Å²) in [5.74, 6) is 0. The highest BCUT2D eigenvalue weighted by Gasteiger charge is 2.01. The highest BCUT2D eigenvalue weighted by Crippen LogP contribution is 2.17. The van der Waals surface area contributed by atoms with Gasteiger partial charge in [-0.1, -0.05) is 0 Å². The first-order chi connectivity index (χ1) is 5.81. The summed E-state index contributed by atoms with van der Waals surface area (Å²) < 4.78 is 0. The number of nitrogens with two attached hydrogens (primary N) is 1. The minimum atomic E-state index is 0.463. The molecule has 2 rings (SSSR count). The predicted molar refractivity (Wildman–Crippen MR) is 45.9 cm³/mol. The first-order valence-electron chi connectivity index (χ1n) is 3.49. The van der Waals surface area contributed by atoms with Crippen molar-refractivity contribution in [1.29, 1.82) is 0 Å². The molecule has 0 fully saturated rings. The van der Waals surface area contributed by atoms with Crippen molar-refractivity contribution >= 4 is 23.0 Å².